The van der Waals surface area contributed by atoms with Crippen molar-refractivity contribution in [2.24, 2.45) is 0 Å². The Balaban J connectivity index is 1.56. The monoisotopic (exact) mass is 517 g/mol. The maximum Gasteiger partial charge on any atom is 0.247 e. The Bertz CT molecular complexity index is 1360. The van der Waals surface area contributed by atoms with Gasteiger partial charge in [-0.25, -0.2) is 13.8 Å². The zero-order valence-corrected chi connectivity index (χ0v) is 21.1. The van der Waals surface area contributed by atoms with Gasteiger partial charge in [0.2, 0.25) is 5.91 Å². The van der Waals surface area contributed by atoms with E-state index in [2.05, 4.69) is 50.3 Å². The van der Waals surface area contributed by atoms with Crippen molar-refractivity contribution >= 4 is 34.5 Å². The summed E-state index contributed by atoms with van der Waals surface area (Å²) in [7, 11) is 0. The largest absolute Gasteiger partial charge is 0.380 e. The maximum absolute atomic E-state index is 14.1. The van der Waals surface area contributed by atoms with Gasteiger partial charge in [0, 0.05) is 62.3 Å². The van der Waals surface area contributed by atoms with Crippen LogP contribution in [0.5, 0.6) is 0 Å². The lowest BCUT2D eigenvalue weighted by atomic mass is 10.1. The van der Waals surface area contributed by atoms with Gasteiger partial charge in [0.1, 0.15) is 23.5 Å². The molecule has 1 aliphatic rings. The number of rotatable bonds is 9. The molecule has 3 aromatic rings. The number of hydrogen-bond acceptors (Lipinski definition) is 7. The summed E-state index contributed by atoms with van der Waals surface area (Å²) in [5, 5.41) is 18.6. The second-order valence-electron chi connectivity index (χ2n) is 8.79. The fraction of sp³-hybridized carbons (Fsp3) is 0.250. The van der Waals surface area contributed by atoms with E-state index in [1.165, 1.54) is 24.4 Å². The Morgan fingerprint density at radius 2 is 1.89 bits per heavy atom. The van der Waals surface area contributed by atoms with Crippen molar-refractivity contribution < 1.29 is 13.6 Å². The van der Waals surface area contributed by atoms with Crippen molar-refractivity contribution in [2.75, 3.05) is 53.6 Å². The highest BCUT2D eigenvalue weighted by molar-refractivity contribution is 6.02. The molecule has 196 valence electrons. The number of benzene rings is 2. The molecule has 2 aromatic carbocycles. The van der Waals surface area contributed by atoms with Crippen molar-refractivity contribution in [2.45, 2.75) is 13.5 Å². The summed E-state index contributed by atoms with van der Waals surface area (Å²) < 4.78 is 27.3. The molecule has 2 heterocycles. The molecule has 0 unspecified atom stereocenters. The summed E-state index contributed by atoms with van der Waals surface area (Å²) in [6.07, 6.45) is 2.60. The molecule has 0 saturated carbocycles. The third kappa shape index (κ3) is 6.44. The Labute approximate surface area is 220 Å². The molecular formula is C28H29F2N7O. The van der Waals surface area contributed by atoms with E-state index in [9.17, 15) is 18.8 Å². The molecule has 38 heavy (non-hydrogen) atoms. The molecular weight excluding hydrogens is 488 g/mol. The fourth-order valence-corrected chi connectivity index (χ4v) is 4.20. The van der Waals surface area contributed by atoms with Crippen LogP contribution in [0.2, 0.25) is 0 Å². The van der Waals surface area contributed by atoms with Crippen molar-refractivity contribution in [3.05, 3.63) is 84.1 Å². The van der Waals surface area contributed by atoms with Crippen LogP contribution in [-0.2, 0) is 11.3 Å². The first-order chi connectivity index (χ1) is 18.4. The normalized spacial score (nSPS) is 13.5. The van der Waals surface area contributed by atoms with Crippen molar-refractivity contribution in [1.29, 1.82) is 5.26 Å². The Hall–Kier alpha value is -4.49. The SMILES string of the molecule is C=CC(=O)Nc1cc(N2CCN(CC)CC2)ccc1Nc1cc(NCc2ccc(F)cc2F)c(C#N)cn1. The highest BCUT2D eigenvalue weighted by Gasteiger charge is 2.18. The highest BCUT2D eigenvalue weighted by atomic mass is 19.1. The van der Waals surface area contributed by atoms with Crippen molar-refractivity contribution in [1.82, 2.24) is 9.88 Å². The predicted molar refractivity (Wildman–Crippen MR) is 146 cm³/mol. The van der Waals surface area contributed by atoms with Crippen LogP contribution < -0.4 is 20.9 Å². The van der Waals surface area contributed by atoms with Gasteiger partial charge < -0.3 is 25.8 Å². The van der Waals surface area contributed by atoms with E-state index in [0.29, 0.717) is 22.9 Å². The molecule has 10 heteroatoms. The number of carbonyl (C=O) groups excluding carboxylic acids is 1. The van der Waals surface area contributed by atoms with E-state index < -0.39 is 11.6 Å². The minimum atomic E-state index is -0.679. The number of pyridine rings is 1. The van der Waals surface area contributed by atoms with Crippen LogP contribution in [0.4, 0.5) is 37.3 Å². The molecule has 1 fully saturated rings. The van der Waals surface area contributed by atoms with Gasteiger partial charge in [-0.15, -0.1) is 0 Å². The molecule has 0 bridgehead atoms. The number of nitrogens with one attached hydrogen (secondary N) is 3. The third-order valence-electron chi connectivity index (χ3n) is 6.40. The number of hydrogen-bond donors (Lipinski definition) is 3. The minimum absolute atomic E-state index is 0.0465. The number of aromatic nitrogens is 1. The summed E-state index contributed by atoms with van der Waals surface area (Å²) in [5.41, 5.74) is 3.09. The summed E-state index contributed by atoms with van der Waals surface area (Å²) in [6.45, 7) is 10.5. The van der Waals surface area contributed by atoms with E-state index in [1.807, 2.05) is 18.2 Å². The average molecular weight is 518 g/mol. The highest BCUT2D eigenvalue weighted by Crippen LogP contribution is 2.31. The first kappa shape index (κ1) is 26.6. The Morgan fingerprint density at radius 1 is 1.11 bits per heavy atom. The minimum Gasteiger partial charge on any atom is -0.380 e. The molecule has 8 nitrogen and oxygen atoms in total. The van der Waals surface area contributed by atoms with E-state index >= 15 is 0 Å². The number of likely N-dealkylation sites (N-methyl/N-ethyl adjacent to an activating group) is 1. The summed E-state index contributed by atoms with van der Waals surface area (Å²) in [5.74, 6) is -1.28. The molecule has 1 aromatic heterocycles. The lowest BCUT2D eigenvalue weighted by molar-refractivity contribution is -0.111. The summed E-state index contributed by atoms with van der Waals surface area (Å²) >= 11 is 0. The van der Waals surface area contributed by atoms with Crippen molar-refractivity contribution in [3.8, 4) is 6.07 Å². The van der Waals surface area contributed by atoms with Gasteiger partial charge >= 0.3 is 0 Å². The second kappa shape index (κ2) is 12.2. The number of halogens is 2. The molecule has 0 radical (unpaired) electrons. The molecule has 0 spiro atoms. The predicted octanol–water partition coefficient (Wildman–Crippen LogP) is 4.85. The zero-order chi connectivity index (χ0) is 27.1. The fourth-order valence-electron chi connectivity index (χ4n) is 4.20. The van der Waals surface area contributed by atoms with Gasteiger partial charge in [0.25, 0.3) is 0 Å². The first-order valence-corrected chi connectivity index (χ1v) is 12.3. The van der Waals surface area contributed by atoms with Crippen LogP contribution in [0.15, 0.2) is 61.3 Å². The molecule has 1 saturated heterocycles. The van der Waals surface area contributed by atoms with E-state index in [1.54, 1.807) is 6.07 Å². The van der Waals surface area contributed by atoms with E-state index in [-0.39, 0.29) is 23.6 Å². The van der Waals surface area contributed by atoms with Gasteiger partial charge in [0.05, 0.1) is 22.6 Å². The Morgan fingerprint density at radius 3 is 2.58 bits per heavy atom. The maximum atomic E-state index is 14.1. The topological polar surface area (TPSA) is 96.3 Å². The smallest absolute Gasteiger partial charge is 0.247 e. The van der Waals surface area contributed by atoms with Gasteiger partial charge in [-0.05, 0) is 36.9 Å². The van der Waals surface area contributed by atoms with Crippen LogP contribution >= 0.6 is 0 Å². The number of nitriles is 1. The van der Waals surface area contributed by atoms with Crippen LogP contribution in [0.3, 0.4) is 0 Å². The van der Waals surface area contributed by atoms with Gasteiger partial charge in [-0.2, -0.15) is 5.26 Å². The van der Waals surface area contributed by atoms with Crippen LogP contribution in [0, 0.1) is 23.0 Å². The molecule has 0 atom stereocenters. The van der Waals surface area contributed by atoms with E-state index in [4.69, 9.17) is 0 Å². The first-order valence-electron chi connectivity index (χ1n) is 12.3. The summed E-state index contributed by atoms with van der Waals surface area (Å²) in [4.78, 5) is 21.1. The number of nitrogens with zero attached hydrogens (tertiary/aromatic N) is 4. The van der Waals surface area contributed by atoms with Crippen LogP contribution in [-0.4, -0.2) is 48.5 Å². The number of piperazine rings is 1. The van der Waals surface area contributed by atoms with E-state index in [0.717, 1.165) is 44.5 Å². The number of carbonyl (C=O) groups is 1. The van der Waals surface area contributed by atoms with Crippen LogP contribution in [0.1, 0.15) is 18.1 Å². The molecule has 4 rings (SSSR count). The lowest BCUT2D eigenvalue weighted by Crippen LogP contribution is -2.46. The van der Waals surface area contributed by atoms with Gasteiger partial charge in [0.15, 0.2) is 0 Å². The average Bonchev–Trinajstić information content (AvgIpc) is 2.93. The molecule has 1 aliphatic heterocycles. The quantitative estimate of drug-likeness (QED) is 0.349. The standard InChI is InChI=1S/C28H29F2N7O/c1-3-28(38)35-26-14-22(37-11-9-36(4-2)10-12-37)7-8-24(26)34-27-15-25(20(16-31)18-33-27)32-17-19-5-6-21(29)13-23(19)30/h3,5-8,13-15,18H,1,4,9-12,17H2,2H3,(H,35,38)(H2,32,33,34). The van der Waals surface area contributed by atoms with Crippen molar-refractivity contribution in [3.63, 3.8) is 0 Å². The lowest BCUT2D eigenvalue weighted by Gasteiger charge is -2.35. The van der Waals surface area contributed by atoms with Gasteiger partial charge in [-0.3, -0.25) is 4.79 Å². The second-order valence-corrected chi connectivity index (χ2v) is 8.79. The molecule has 3 N–H and O–H groups in total. The zero-order valence-electron chi connectivity index (χ0n) is 21.1. The third-order valence-corrected chi connectivity index (χ3v) is 6.40. The summed E-state index contributed by atoms with van der Waals surface area (Å²) in [6, 6.07) is 12.8. The van der Waals surface area contributed by atoms with Gasteiger partial charge in [-0.1, -0.05) is 19.6 Å². The number of anilines is 5. The molecule has 0 aliphatic carbocycles. The number of amides is 1. The molecule has 1 amide bonds. The Kier molecular flexibility index (Phi) is 8.51. The van der Waals surface area contributed by atoms with Crippen LogP contribution in [0.25, 0.3) is 0 Å².